The maximum absolute atomic E-state index is 10.6. The number of likely N-dealkylation sites (tertiary alicyclic amines) is 1. The summed E-state index contributed by atoms with van der Waals surface area (Å²) in [6.07, 6.45) is 2.74. The molecule has 142 valence electrons. The first kappa shape index (κ1) is 20.1. The average molecular weight is 342 g/mol. The summed E-state index contributed by atoms with van der Waals surface area (Å²) in [7, 11) is 0. The highest BCUT2D eigenvalue weighted by atomic mass is 16.5. The molecule has 0 radical (unpaired) electrons. The van der Waals surface area contributed by atoms with Crippen LogP contribution in [0.3, 0.4) is 0 Å². The van der Waals surface area contributed by atoms with Crippen molar-refractivity contribution >= 4 is 0 Å². The van der Waals surface area contributed by atoms with Gasteiger partial charge in [-0.1, -0.05) is 0 Å². The van der Waals surface area contributed by atoms with Crippen molar-refractivity contribution in [1.82, 2.24) is 14.7 Å². The van der Waals surface area contributed by atoms with Crippen molar-refractivity contribution in [3.05, 3.63) is 0 Å². The van der Waals surface area contributed by atoms with Gasteiger partial charge >= 0.3 is 0 Å². The Hall–Kier alpha value is -0.200. The molecule has 2 saturated heterocycles. The van der Waals surface area contributed by atoms with Crippen LogP contribution in [-0.4, -0.2) is 96.5 Å². The molecule has 0 spiro atoms. The highest BCUT2D eigenvalue weighted by molar-refractivity contribution is 4.86. The molecular formula is C19H39N3O2. The third kappa shape index (κ3) is 6.26. The van der Waals surface area contributed by atoms with E-state index in [0.717, 1.165) is 45.5 Å². The largest absolute Gasteiger partial charge is 0.387 e. The van der Waals surface area contributed by atoms with Crippen LogP contribution in [0.2, 0.25) is 0 Å². The number of nitrogens with zero attached hydrogens (tertiary/aromatic N) is 3. The molecule has 0 aromatic heterocycles. The Morgan fingerprint density at radius 2 is 1.42 bits per heavy atom. The molecule has 2 rings (SSSR count). The predicted molar refractivity (Wildman–Crippen MR) is 99.5 cm³/mol. The first-order valence-corrected chi connectivity index (χ1v) is 9.90. The summed E-state index contributed by atoms with van der Waals surface area (Å²) in [5, 5.41) is 10.6. The third-order valence-electron chi connectivity index (χ3n) is 5.73. The monoisotopic (exact) mass is 341 g/mol. The van der Waals surface area contributed by atoms with Gasteiger partial charge in [-0.25, -0.2) is 0 Å². The van der Waals surface area contributed by atoms with E-state index in [0.29, 0.717) is 18.7 Å². The van der Waals surface area contributed by atoms with Crippen LogP contribution in [0.4, 0.5) is 0 Å². The zero-order chi connectivity index (χ0) is 17.6. The average Bonchev–Trinajstić information content (AvgIpc) is 2.55. The highest BCUT2D eigenvalue weighted by Gasteiger charge is 2.33. The Morgan fingerprint density at radius 1 is 0.875 bits per heavy atom. The van der Waals surface area contributed by atoms with Gasteiger partial charge in [-0.3, -0.25) is 4.90 Å². The SMILES string of the molecule is CC(C)N1CCN(CCCOCC2(O)CCN(C(C)C)CC2)CC1. The van der Waals surface area contributed by atoms with E-state index in [1.807, 2.05) is 0 Å². The lowest BCUT2D eigenvalue weighted by atomic mass is 9.92. The van der Waals surface area contributed by atoms with Crippen LogP contribution in [0.25, 0.3) is 0 Å². The smallest absolute Gasteiger partial charge is 0.0904 e. The minimum atomic E-state index is -0.603. The van der Waals surface area contributed by atoms with E-state index in [2.05, 4.69) is 42.4 Å². The standard InChI is InChI=1S/C19H39N3O2/c1-17(2)21-9-6-19(23,7-10-21)16-24-15-5-8-20-11-13-22(14-12-20)18(3)4/h17-18,23H,5-16H2,1-4H3. The van der Waals surface area contributed by atoms with Gasteiger partial charge in [-0.05, 0) is 47.0 Å². The second kappa shape index (κ2) is 9.48. The summed E-state index contributed by atoms with van der Waals surface area (Å²) in [6.45, 7) is 18.1. The van der Waals surface area contributed by atoms with Crippen LogP contribution in [-0.2, 0) is 4.74 Å². The van der Waals surface area contributed by atoms with E-state index >= 15 is 0 Å². The van der Waals surface area contributed by atoms with Gasteiger partial charge < -0.3 is 19.6 Å². The number of hydrogen-bond donors (Lipinski definition) is 1. The maximum atomic E-state index is 10.6. The van der Waals surface area contributed by atoms with Gasteiger partial charge in [0.05, 0.1) is 12.2 Å². The van der Waals surface area contributed by atoms with Crippen molar-refractivity contribution in [3.63, 3.8) is 0 Å². The summed E-state index contributed by atoms with van der Waals surface area (Å²) in [6, 6.07) is 1.24. The van der Waals surface area contributed by atoms with Crippen LogP contribution in [0.5, 0.6) is 0 Å². The molecule has 2 aliphatic heterocycles. The van der Waals surface area contributed by atoms with Gasteiger partial charge in [-0.15, -0.1) is 0 Å². The van der Waals surface area contributed by atoms with Crippen LogP contribution >= 0.6 is 0 Å². The third-order valence-corrected chi connectivity index (χ3v) is 5.73. The van der Waals surface area contributed by atoms with Crippen LogP contribution in [0, 0.1) is 0 Å². The summed E-state index contributed by atoms with van der Waals surface area (Å²) in [5.74, 6) is 0. The Balaban J connectivity index is 1.53. The number of piperazine rings is 1. The van der Waals surface area contributed by atoms with Gasteiger partial charge in [0.1, 0.15) is 0 Å². The number of piperidine rings is 1. The molecule has 5 heteroatoms. The number of rotatable bonds is 8. The minimum Gasteiger partial charge on any atom is -0.387 e. The lowest BCUT2D eigenvalue weighted by molar-refractivity contribution is -0.0857. The zero-order valence-corrected chi connectivity index (χ0v) is 16.3. The molecule has 0 bridgehead atoms. The molecule has 5 nitrogen and oxygen atoms in total. The van der Waals surface area contributed by atoms with Crippen molar-refractivity contribution in [1.29, 1.82) is 0 Å². The topological polar surface area (TPSA) is 39.2 Å². The molecular weight excluding hydrogens is 302 g/mol. The van der Waals surface area contributed by atoms with Crippen molar-refractivity contribution in [2.45, 2.75) is 64.6 Å². The fourth-order valence-corrected chi connectivity index (χ4v) is 3.76. The number of aliphatic hydroxyl groups is 1. The fourth-order valence-electron chi connectivity index (χ4n) is 3.76. The lowest BCUT2D eigenvalue weighted by Gasteiger charge is -2.39. The quantitative estimate of drug-likeness (QED) is 0.680. The van der Waals surface area contributed by atoms with Crippen molar-refractivity contribution < 1.29 is 9.84 Å². The van der Waals surface area contributed by atoms with Gasteiger partial charge in [0, 0.05) is 64.5 Å². The first-order valence-electron chi connectivity index (χ1n) is 9.90. The van der Waals surface area contributed by atoms with Crippen LogP contribution in [0.1, 0.15) is 47.0 Å². The van der Waals surface area contributed by atoms with E-state index < -0.39 is 5.60 Å². The molecule has 1 N–H and O–H groups in total. The molecule has 0 aromatic carbocycles. The Morgan fingerprint density at radius 3 is 1.96 bits per heavy atom. The summed E-state index contributed by atoms with van der Waals surface area (Å²) in [4.78, 5) is 7.52. The molecule has 0 aliphatic carbocycles. The van der Waals surface area contributed by atoms with Crippen molar-refractivity contribution in [3.8, 4) is 0 Å². The molecule has 0 amide bonds. The van der Waals surface area contributed by atoms with E-state index in [4.69, 9.17) is 4.74 Å². The van der Waals surface area contributed by atoms with E-state index in [1.54, 1.807) is 0 Å². The molecule has 2 heterocycles. The predicted octanol–water partition coefficient (Wildman–Crippen LogP) is 1.65. The first-order chi connectivity index (χ1) is 11.4. The summed E-state index contributed by atoms with van der Waals surface area (Å²) >= 11 is 0. The van der Waals surface area contributed by atoms with Crippen molar-refractivity contribution in [2.24, 2.45) is 0 Å². The van der Waals surface area contributed by atoms with E-state index in [-0.39, 0.29) is 0 Å². The summed E-state index contributed by atoms with van der Waals surface area (Å²) in [5.41, 5.74) is -0.603. The Bertz CT molecular complexity index is 347. The van der Waals surface area contributed by atoms with E-state index in [9.17, 15) is 5.11 Å². The van der Waals surface area contributed by atoms with Crippen molar-refractivity contribution in [2.75, 3.05) is 59.0 Å². The molecule has 0 atom stereocenters. The molecule has 24 heavy (non-hydrogen) atoms. The molecule has 2 fully saturated rings. The maximum Gasteiger partial charge on any atom is 0.0904 e. The minimum absolute atomic E-state index is 0.500. The number of hydrogen-bond acceptors (Lipinski definition) is 5. The highest BCUT2D eigenvalue weighted by Crippen LogP contribution is 2.23. The molecule has 0 aromatic rings. The van der Waals surface area contributed by atoms with Gasteiger partial charge in [0.25, 0.3) is 0 Å². The van der Waals surface area contributed by atoms with Crippen LogP contribution < -0.4 is 0 Å². The number of ether oxygens (including phenoxy) is 1. The summed E-state index contributed by atoms with van der Waals surface area (Å²) < 4.78 is 5.82. The second-order valence-electron chi connectivity index (χ2n) is 8.23. The van der Waals surface area contributed by atoms with Gasteiger partial charge in [0.15, 0.2) is 0 Å². The van der Waals surface area contributed by atoms with Gasteiger partial charge in [0.2, 0.25) is 0 Å². The van der Waals surface area contributed by atoms with Crippen LogP contribution in [0.15, 0.2) is 0 Å². The van der Waals surface area contributed by atoms with Gasteiger partial charge in [-0.2, -0.15) is 0 Å². The second-order valence-corrected chi connectivity index (χ2v) is 8.23. The Kier molecular flexibility index (Phi) is 7.95. The molecule has 0 unspecified atom stereocenters. The Labute approximate surface area is 148 Å². The van der Waals surface area contributed by atoms with E-state index in [1.165, 1.54) is 26.2 Å². The fraction of sp³-hybridized carbons (Fsp3) is 1.00. The lowest BCUT2D eigenvalue weighted by Crippen LogP contribution is -2.49. The molecule has 0 saturated carbocycles. The zero-order valence-electron chi connectivity index (χ0n) is 16.3. The molecule has 2 aliphatic rings. The normalized spacial score (nSPS) is 24.1.